The zero-order valence-electron chi connectivity index (χ0n) is 5.25. The van der Waals surface area contributed by atoms with E-state index in [1.165, 1.54) is 18.4 Å². The molecule has 0 saturated heterocycles. The molecule has 0 radical (unpaired) electrons. The van der Waals surface area contributed by atoms with E-state index in [0.29, 0.717) is 0 Å². The molecular weight excluding hydrogens is 110 g/mol. The lowest BCUT2D eigenvalue weighted by Crippen LogP contribution is -1.76. The van der Waals surface area contributed by atoms with Gasteiger partial charge in [-0.05, 0) is 36.5 Å². The van der Waals surface area contributed by atoms with E-state index < -0.39 is 0 Å². The molecular formula is C8H9N. The Morgan fingerprint density at radius 2 is 1.89 bits per heavy atom. The molecule has 0 unspecified atom stereocenters. The molecule has 1 heterocycles. The Labute approximate surface area is 54.7 Å². The maximum atomic E-state index is 3.96. The van der Waals surface area contributed by atoms with Gasteiger partial charge in [0.2, 0.25) is 0 Å². The molecule has 2 rings (SSSR count). The van der Waals surface area contributed by atoms with Gasteiger partial charge in [-0.3, -0.25) is 4.98 Å². The van der Waals surface area contributed by atoms with Crippen LogP contribution in [-0.4, -0.2) is 4.98 Å². The number of aromatic nitrogens is 1. The van der Waals surface area contributed by atoms with E-state index in [4.69, 9.17) is 0 Å². The Balaban J connectivity index is 2.29. The van der Waals surface area contributed by atoms with Crippen molar-refractivity contribution in [3.63, 3.8) is 0 Å². The van der Waals surface area contributed by atoms with E-state index in [1.807, 2.05) is 12.4 Å². The fraction of sp³-hybridized carbons (Fsp3) is 0.375. The van der Waals surface area contributed by atoms with Crippen LogP contribution in [0.3, 0.4) is 0 Å². The molecule has 0 amide bonds. The van der Waals surface area contributed by atoms with Crippen molar-refractivity contribution in [3.8, 4) is 0 Å². The first-order valence-electron chi connectivity index (χ1n) is 3.37. The van der Waals surface area contributed by atoms with E-state index in [2.05, 4.69) is 17.1 Å². The number of rotatable bonds is 1. The van der Waals surface area contributed by atoms with E-state index in [-0.39, 0.29) is 0 Å². The molecule has 1 nitrogen and oxygen atoms in total. The minimum atomic E-state index is 0.869. The van der Waals surface area contributed by atoms with Crippen molar-refractivity contribution in [2.75, 3.05) is 0 Å². The van der Waals surface area contributed by atoms with Gasteiger partial charge in [-0.15, -0.1) is 0 Å². The maximum Gasteiger partial charge on any atom is 0.0270 e. The molecule has 1 fully saturated rings. The second kappa shape index (κ2) is 1.83. The summed E-state index contributed by atoms with van der Waals surface area (Å²) in [7, 11) is 0. The summed E-state index contributed by atoms with van der Waals surface area (Å²) < 4.78 is 0. The molecule has 0 bridgehead atoms. The highest BCUT2D eigenvalue weighted by molar-refractivity contribution is 5.19. The summed E-state index contributed by atoms with van der Waals surface area (Å²) in [6.07, 6.45) is 6.50. The van der Waals surface area contributed by atoms with Crippen LogP contribution < -0.4 is 0 Å². The second-order valence-corrected chi connectivity index (χ2v) is 2.55. The van der Waals surface area contributed by atoms with Gasteiger partial charge in [-0.25, -0.2) is 0 Å². The first-order valence-corrected chi connectivity index (χ1v) is 3.37. The molecule has 0 aromatic carbocycles. The van der Waals surface area contributed by atoms with Crippen LogP contribution in [0.5, 0.6) is 0 Å². The fourth-order valence-electron chi connectivity index (χ4n) is 1.05. The zero-order chi connectivity index (χ0) is 6.10. The van der Waals surface area contributed by atoms with E-state index in [1.54, 1.807) is 0 Å². The molecule has 1 aromatic rings. The lowest BCUT2D eigenvalue weighted by atomic mass is 10.2. The van der Waals surface area contributed by atoms with Crippen molar-refractivity contribution in [1.82, 2.24) is 4.98 Å². The molecule has 0 aliphatic heterocycles. The predicted molar refractivity (Wildman–Crippen MR) is 36.2 cm³/mol. The van der Waals surface area contributed by atoms with Crippen LogP contribution >= 0.6 is 0 Å². The highest BCUT2D eigenvalue weighted by Gasteiger charge is 2.22. The molecule has 1 aromatic heterocycles. The van der Waals surface area contributed by atoms with Crippen LogP contribution in [-0.2, 0) is 0 Å². The highest BCUT2D eigenvalue weighted by Crippen LogP contribution is 2.39. The molecule has 0 atom stereocenters. The van der Waals surface area contributed by atoms with Crippen LogP contribution in [0, 0.1) is 0 Å². The summed E-state index contributed by atoms with van der Waals surface area (Å²) in [5, 5.41) is 0. The van der Waals surface area contributed by atoms with E-state index >= 15 is 0 Å². The average molecular weight is 119 g/mol. The van der Waals surface area contributed by atoms with Gasteiger partial charge in [-0.1, -0.05) is 0 Å². The van der Waals surface area contributed by atoms with E-state index in [9.17, 15) is 0 Å². The largest absolute Gasteiger partial charge is 0.265 e. The first kappa shape index (κ1) is 4.98. The molecule has 0 N–H and O–H groups in total. The number of nitrogens with zero attached hydrogens (tertiary/aromatic N) is 1. The monoisotopic (exact) mass is 119 g/mol. The number of hydrogen-bond acceptors (Lipinski definition) is 1. The van der Waals surface area contributed by atoms with Crippen LogP contribution in [0.1, 0.15) is 24.3 Å². The van der Waals surface area contributed by atoms with Crippen molar-refractivity contribution in [2.24, 2.45) is 0 Å². The van der Waals surface area contributed by atoms with Crippen molar-refractivity contribution < 1.29 is 0 Å². The van der Waals surface area contributed by atoms with Gasteiger partial charge < -0.3 is 0 Å². The summed E-state index contributed by atoms with van der Waals surface area (Å²) in [6.45, 7) is 0. The van der Waals surface area contributed by atoms with Crippen LogP contribution in [0.25, 0.3) is 0 Å². The minimum Gasteiger partial charge on any atom is -0.265 e. The second-order valence-electron chi connectivity index (χ2n) is 2.55. The Morgan fingerprint density at radius 1 is 1.22 bits per heavy atom. The Bertz CT molecular complexity index is 189. The number of pyridine rings is 1. The Morgan fingerprint density at radius 3 is 2.44 bits per heavy atom. The van der Waals surface area contributed by atoms with Gasteiger partial charge >= 0.3 is 0 Å². The Kier molecular flexibility index (Phi) is 1.01. The van der Waals surface area contributed by atoms with Crippen molar-refractivity contribution >= 4 is 0 Å². The van der Waals surface area contributed by atoms with Gasteiger partial charge in [0.15, 0.2) is 0 Å². The van der Waals surface area contributed by atoms with Gasteiger partial charge in [0, 0.05) is 12.4 Å². The van der Waals surface area contributed by atoms with Crippen molar-refractivity contribution in [1.29, 1.82) is 0 Å². The normalized spacial score (nSPS) is 17.8. The minimum absolute atomic E-state index is 0.869. The van der Waals surface area contributed by atoms with Gasteiger partial charge in [0.1, 0.15) is 0 Å². The summed E-state index contributed by atoms with van der Waals surface area (Å²) in [5.74, 6) is 0.869. The van der Waals surface area contributed by atoms with Gasteiger partial charge in [0.25, 0.3) is 0 Å². The SMILES string of the molecule is c1cc(C2CC2)ccn1. The van der Waals surface area contributed by atoms with E-state index in [0.717, 1.165) is 5.92 Å². The van der Waals surface area contributed by atoms with Crippen LogP contribution in [0.4, 0.5) is 0 Å². The molecule has 1 aliphatic carbocycles. The summed E-state index contributed by atoms with van der Waals surface area (Å²) in [6, 6.07) is 4.22. The zero-order valence-corrected chi connectivity index (χ0v) is 5.25. The van der Waals surface area contributed by atoms with Crippen LogP contribution in [0.15, 0.2) is 24.5 Å². The summed E-state index contributed by atoms with van der Waals surface area (Å²) in [5.41, 5.74) is 1.46. The third-order valence-electron chi connectivity index (χ3n) is 1.75. The molecule has 0 spiro atoms. The van der Waals surface area contributed by atoms with Gasteiger partial charge in [-0.2, -0.15) is 0 Å². The quantitative estimate of drug-likeness (QED) is 0.550. The molecule has 9 heavy (non-hydrogen) atoms. The van der Waals surface area contributed by atoms with Crippen molar-refractivity contribution in [3.05, 3.63) is 30.1 Å². The third kappa shape index (κ3) is 0.947. The lowest BCUT2D eigenvalue weighted by molar-refractivity contribution is 1.11. The first-order chi connectivity index (χ1) is 4.47. The summed E-state index contributed by atoms with van der Waals surface area (Å²) in [4.78, 5) is 3.96. The molecule has 1 heteroatoms. The standard InChI is InChI=1S/C8H9N/c1-2-7(1)8-3-5-9-6-4-8/h3-7H,1-2H2. The average Bonchev–Trinajstić information content (AvgIpc) is 2.71. The molecule has 46 valence electrons. The smallest absolute Gasteiger partial charge is 0.0270 e. The maximum absolute atomic E-state index is 3.96. The van der Waals surface area contributed by atoms with Crippen molar-refractivity contribution in [2.45, 2.75) is 18.8 Å². The van der Waals surface area contributed by atoms with Gasteiger partial charge in [0.05, 0.1) is 0 Å². The highest BCUT2D eigenvalue weighted by atomic mass is 14.6. The third-order valence-corrected chi connectivity index (χ3v) is 1.75. The summed E-state index contributed by atoms with van der Waals surface area (Å²) >= 11 is 0. The fourth-order valence-corrected chi connectivity index (χ4v) is 1.05. The topological polar surface area (TPSA) is 12.9 Å². The Hall–Kier alpha value is -0.850. The molecule has 1 aliphatic rings. The predicted octanol–water partition coefficient (Wildman–Crippen LogP) is 1.96. The lowest BCUT2D eigenvalue weighted by Gasteiger charge is -1.91. The number of hydrogen-bond donors (Lipinski definition) is 0. The van der Waals surface area contributed by atoms with Crippen LogP contribution in [0.2, 0.25) is 0 Å². The molecule has 1 saturated carbocycles.